The maximum Gasteiger partial charge on any atom is 0.293 e. The Labute approximate surface area is 171 Å². The zero-order chi connectivity index (χ0) is 20.5. The van der Waals surface area contributed by atoms with Crippen LogP contribution in [0, 0.1) is 0 Å². The Balaban J connectivity index is 1.34. The van der Waals surface area contributed by atoms with Gasteiger partial charge >= 0.3 is 0 Å². The molecule has 1 saturated carbocycles. The van der Waals surface area contributed by atoms with Gasteiger partial charge in [-0.05, 0) is 12.8 Å². The minimum absolute atomic E-state index is 0.0793. The van der Waals surface area contributed by atoms with Crippen molar-refractivity contribution in [3.63, 3.8) is 0 Å². The monoisotopic (exact) mass is 414 g/mol. The highest BCUT2D eigenvalue weighted by atomic mass is 19.1. The van der Waals surface area contributed by atoms with Gasteiger partial charge < -0.3 is 20.3 Å². The molecule has 4 heterocycles. The number of imidazole rings is 1. The smallest absolute Gasteiger partial charge is 0.293 e. The van der Waals surface area contributed by atoms with Crippen molar-refractivity contribution in [1.29, 1.82) is 0 Å². The molecule has 1 saturated heterocycles. The number of carbonyl (C=O) groups excluding carboxylic acids is 1. The summed E-state index contributed by atoms with van der Waals surface area (Å²) in [6.07, 6.45) is 4.30. The molecule has 5 rings (SSSR count). The Bertz CT molecular complexity index is 1030. The predicted molar refractivity (Wildman–Crippen MR) is 108 cm³/mol. The number of halogens is 1. The van der Waals surface area contributed by atoms with E-state index in [-0.39, 0.29) is 5.92 Å². The molecule has 0 amide bonds. The highest BCUT2D eigenvalue weighted by Crippen LogP contribution is 2.37. The van der Waals surface area contributed by atoms with Gasteiger partial charge in [0.25, 0.3) is 6.47 Å². The van der Waals surface area contributed by atoms with Crippen LogP contribution in [-0.2, 0) is 9.53 Å². The quantitative estimate of drug-likeness (QED) is 0.519. The zero-order valence-electron chi connectivity index (χ0n) is 16.3. The third kappa shape index (κ3) is 3.45. The Morgan fingerprint density at radius 2 is 2.13 bits per heavy atom. The molecule has 2 aliphatic rings. The number of carbonyl (C=O) groups is 1. The molecule has 3 atom stereocenters. The Morgan fingerprint density at radius 1 is 1.27 bits per heavy atom. The fourth-order valence-electron chi connectivity index (χ4n) is 4.27. The van der Waals surface area contributed by atoms with E-state index in [1.54, 1.807) is 6.20 Å². The number of ether oxygens (including phenoxy) is 1. The molecule has 1 aliphatic carbocycles. The van der Waals surface area contributed by atoms with Crippen molar-refractivity contribution in [3.8, 4) is 0 Å². The molecule has 2 fully saturated rings. The van der Waals surface area contributed by atoms with Gasteiger partial charge in [-0.2, -0.15) is 5.10 Å². The van der Waals surface area contributed by atoms with Crippen molar-refractivity contribution in [2.75, 3.05) is 36.4 Å². The van der Waals surface area contributed by atoms with E-state index in [0.29, 0.717) is 31.1 Å². The summed E-state index contributed by atoms with van der Waals surface area (Å²) in [5.74, 6) is 1.10. The lowest BCUT2D eigenvalue weighted by molar-refractivity contribution is -0.135. The predicted octanol–water partition coefficient (Wildman–Crippen LogP) is 1.36. The summed E-state index contributed by atoms with van der Waals surface area (Å²) < 4.78 is 20.8. The van der Waals surface area contributed by atoms with Crippen molar-refractivity contribution in [2.45, 2.75) is 31.0 Å². The molecule has 0 aromatic carbocycles. The van der Waals surface area contributed by atoms with Gasteiger partial charge in [0.1, 0.15) is 12.3 Å². The van der Waals surface area contributed by atoms with Crippen LogP contribution in [-0.4, -0.2) is 69.5 Å². The normalized spacial score (nSPS) is 24.3. The average molecular weight is 414 g/mol. The SMILES string of the molecule is O=COC1CC(c2cc(Nc3ncc(N4CCNCC4)c4nccn34)n[nH]2)CC1F. The van der Waals surface area contributed by atoms with Crippen LogP contribution in [0.5, 0.6) is 0 Å². The van der Waals surface area contributed by atoms with Gasteiger partial charge in [0.05, 0.1) is 11.9 Å². The van der Waals surface area contributed by atoms with Crippen molar-refractivity contribution in [1.82, 2.24) is 29.9 Å². The number of H-pyrrole nitrogens is 1. The van der Waals surface area contributed by atoms with E-state index in [9.17, 15) is 9.18 Å². The second kappa shape index (κ2) is 7.90. The molecule has 1 aliphatic heterocycles. The standard InChI is InChI=1S/C19H23FN8O2/c20-13-7-12(8-16(13)30-11-29)14-9-17(26-25-14)24-19-23-10-15(18-22-3-6-28(18)19)27-4-1-21-2-5-27/h3,6,9-13,16,21H,1-2,4-5,7-8H2,(H2,23,24,25,26). The first-order chi connectivity index (χ1) is 14.7. The number of hydrogen-bond acceptors (Lipinski definition) is 8. The van der Waals surface area contributed by atoms with Gasteiger partial charge in [-0.3, -0.25) is 14.3 Å². The Morgan fingerprint density at radius 3 is 2.97 bits per heavy atom. The summed E-state index contributed by atoms with van der Waals surface area (Å²) in [5, 5.41) is 13.8. The lowest BCUT2D eigenvalue weighted by atomic mass is 10.0. The molecule has 3 N–H and O–H groups in total. The van der Waals surface area contributed by atoms with Crippen LogP contribution in [0.1, 0.15) is 24.5 Å². The first-order valence-electron chi connectivity index (χ1n) is 10.1. The summed E-state index contributed by atoms with van der Waals surface area (Å²) in [6.45, 7) is 3.99. The number of nitrogens with one attached hydrogen (secondary N) is 3. The van der Waals surface area contributed by atoms with Crippen molar-refractivity contribution in [3.05, 3.63) is 30.4 Å². The van der Waals surface area contributed by atoms with Gasteiger partial charge in [-0.25, -0.2) is 14.4 Å². The highest BCUT2D eigenvalue weighted by molar-refractivity contribution is 5.71. The summed E-state index contributed by atoms with van der Waals surface area (Å²) in [7, 11) is 0. The maximum absolute atomic E-state index is 14.0. The van der Waals surface area contributed by atoms with E-state index < -0.39 is 12.3 Å². The largest absolute Gasteiger partial charge is 0.461 e. The van der Waals surface area contributed by atoms with Crippen LogP contribution in [0.4, 0.5) is 21.8 Å². The molecular formula is C19H23FN8O2. The number of aromatic amines is 1. The van der Waals surface area contributed by atoms with Crippen molar-refractivity contribution >= 4 is 29.6 Å². The van der Waals surface area contributed by atoms with Gasteiger partial charge in [0.15, 0.2) is 11.5 Å². The Hall–Kier alpha value is -3.21. The highest BCUT2D eigenvalue weighted by Gasteiger charge is 2.37. The van der Waals surface area contributed by atoms with Crippen LogP contribution < -0.4 is 15.5 Å². The average Bonchev–Trinajstić information content (AvgIpc) is 3.50. The summed E-state index contributed by atoms with van der Waals surface area (Å²) in [6, 6.07) is 1.84. The molecular weight excluding hydrogens is 391 g/mol. The lowest BCUT2D eigenvalue weighted by Gasteiger charge is -2.29. The zero-order valence-corrected chi connectivity index (χ0v) is 16.3. The molecule has 158 valence electrons. The first kappa shape index (κ1) is 18.8. The number of nitrogens with zero attached hydrogens (tertiary/aromatic N) is 5. The van der Waals surface area contributed by atoms with Crippen molar-refractivity contribution < 1.29 is 13.9 Å². The number of aromatic nitrogens is 5. The summed E-state index contributed by atoms with van der Waals surface area (Å²) in [4.78, 5) is 21.9. The van der Waals surface area contributed by atoms with E-state index in [1.807, 2.05) is 22.9 Å². The second-order valence-electron chi connectivity index (χ2n) is 7.61. The number of piperazine rings is 1. The minimum Gasteiger partial charge on any atom is -0.461 e. The van der Waals surface area contributed by atoms with Gasteiger partial charge in [0, 0.05) is 56.3 Å². The fourth-order valence-corrected chi connectivity index (χ4v) is 4.27. The third-order valence-corrected chi connectivity index (χ3v) is 5.80. The van der Waals surface area contributed by atoms with E-state index in [4.69, 9.17) is 4.74 Å². The van der Waals surface area contributed by atoms with E-state index in [0.717, 1.165) is 43.2 Å². The molecule has 3 aromatic heterocycles. The first-order valence-corrected chi connectivity index (χ1v) is 10.1. The minimum atomic E-state index is -1.16. The lowest BCUT2D eigenvalue weighted by Crippen LogP contribution is -2.43. The second-order valence-corrected chi connectivity index (χ2v) is 7.61. The molecule has 0 spiro atoms. The number of rotatable bonds is 6. The molecule has 0 bridgehead atoms. The van der Waals surface area contributed by atoms with Crippen molar-refractivity contribution in [2.24, 2.45) is 0 Å². The van der Waals surface area contributed by atoms with Crippen LogP contribution in [0.15, 0.2) is 24.7 Å². The van der Waals surface area contributed by atoms with Gasteiger partial charge in [-0.15, -0.1) is 0 Å². The molecule has 3 unspecified atom stereocenters. The number of anilines is 3. The summed E-state index contributed by atoms with van der Waals surface area (Å²) in [5.41, 5.74) is 2.63. The molecule has 3 aromatic rings. The van der Waals surface area contributed by atoms with Gasteiger partial charge in [-0.1, -0.05) is 0 Å². The van der Waals surface area contributed by atoms with Crippen LogP contribution >= 0.6 is 0 Å². The number of alkyl halides is 1. The topological polar surface area (TPSA) is 112 Å². The third-order valence-electron chi connectivity index (χ3n) is 5.80. The van der Waals surface area contributed by atoms with E-state index in [2.05, 4.69) is 35.7 Å². The van der Waals surface area contributed by atoms with Crippen LogP contribution in [0.2, 0.25) is 0 Å². The molecule has 10 nitrogen and oxygen atoms in total. The van der Waals surface area contributed by atoms with E-state index in [1.165, 1.54) is 0 Å². The molecule has 30 heavy (non-hydrogen) atoms. The number of fused-ring (bicyclic) bond motifs is 1. The van der Waals surface area contributed by atoms with Crippen LogP contribution in [0.3, 0.4) is 0 Å². The van der Waals surface area contributed by atoms with Gasteiger partial charge in [0.2, 0.25) is 5.95 Å². The molecule has 11 heteroatoms. The van der Waals surface area contributed by atoms with Crippen LogP contribution in [0.25, 0.3) is 5.65 Å². The molecule has 0 radical (unpaired) electrons. The maximum atomic E-state index is 14.0. The number of hydrogen-bond donors (Lipinski definition) is 3. The Kier molecular flexibility index (Phi) is 4.95. The summed E-state index contributed by atoms with van der Waals surface area (Å²) >= 11 is 0. The fraction of sp³-hybridized carbons (Fsp3) is 0.474. The van der Waals surface area contributed by atoms with E-state index >= 15 is 0 Å².